The van der Waals surface area contributed by atoms with Crippen LogP contribution in [0.15, 0.2) is 71.6 Å². The zero-order chi connectivity index (χ0) is 22.0. The van der Waals surface area contributed by atoms with E-state index in [4.69, 9.17) is 4.74 Å². The Morgan fingerprint density at radius 1 is 0.968 bits per heavy atom. The van der Waals surface area contributed by atoms with Gasteiger partial charge in [-0.2, -0.15) is 0 Å². The van der Waals surface area contributed by atoms with Gasteiger partial charge in [-0.25, -0.2) is 13.4 Å². The monoisotopic (exact) mass is 453 g/mol. The number of sulfonamides is 1. The van der Waals surface area contributed by atoms with Gasteiger partial charge in [0, 0.05) is 16.9 Å². The average molecular weight is 454 g/mol. The summed E-state index contributed by atoms with van der Waals surface area (Å²) in [4.78, 5) is 17.1. The van der Waals surface area contributed by atoms with Crippen LogP contribution in [-0.2, 0) is 10.0 Å². The molecule has 0 fully saturated rings. The second-order valence-corrected chi connectivity index (χ2v) is 9.65. The summed E-state index contributed by atoms with van der Waals surface area (Å²) in [6.45, 7) is 1.94. The van der Waals surface area contributed by atoms with E-state index in [1.807, 2.05) is 19.1 Å². The molecule has 0 aliphatic heterocycles. The molecule has 158 valence electrons. The van der Waals surface area contributed by atoms with Crippen molar-refractivity contribution >= 4 is 48.9 Å². The number of amides is 1. The molecule has 0 aliphatic rings. The Hall–Kier alpha value is -3.43. The molecule has 9 heteroatoms. The van der Waals surface area contributed by atoms with Gasteiger partial charge < -0.3 is 10.1 Å². The lowest BCUT2D eigenvalue weighted by Gasteiger charge is -2.10. The summed E-state index contributed by atoms with van der Waals surface area (Å²) >= 11 is 1.56. The minimum Gasteiger partial charge on any atom is -0.497 e. The number of hydrogen-bond acceptors (Lipinski definition) is 6. The third-order valence-corrected chi connectivity index (χ3v) is 6.85. The first kappa shape index (κ1) is 20.8. The second kappa shape index (κ2) is 8.37. The number of hydrogen-bond donors (Lipinski definition) is 2. The number of anilines is 2. The number of rotatable bonds is 6. The summed E-state index contributed by atoms with van der Waals surface area (Å²) in [7, 11) is -2.24. The topological polar surface area (TPSA) is 97.4 Å². The normalized spacial score (nSPS) is 11.3. The Morgan fingerprint density at radius 2 is 1.65 bits per heavy atom. The number of nitrogens with zero attached hydrogens (tertiary/aromatic N) is 1. The first-order valence-electron chi connectivity index (χ1n) is 9.29. The Labute approximate surface area is 183 Å². The largest absolute Gasteiger partial charge is 0.497 e. The zero-order valence-corrected chi connectivity index (χ0v) is 18.4. The van der Waals surface area contributed by atoms with Crippen molar-refractivity contribution in [3.63, 3.8) is 0 Å². The third kappa shape index (κ3) is 4.68. The number of benzene rings is 3. The Morgan fingerprint density at radius 3 is 2.32 bits per heavy atom. The van der Waals surface area contributed by atoms with Crippen LogP contribution in [0.3, 0.4) is 0 Å². The molecule has 1 heterocycles. The summed E-state index contributed by atoms with van der Waals surface area (Å²) < 4.78 is 33.6. The minimum atomic E-state index is -3.75. The number of carbonyl (C=O) groups is 1. The SMILES string of the molecule is COc1ccc(S(=O)(=O)Nc2ccc(C(=O)Nc3ccc4nc(C)sc4c3)cc2)cc1. The third-order valence-electron chi connectivity index (χ3n) is 4.52. The number of ether oxygens (including phenoxy) is 1. The molecule has 0 radical (unpaired) electrons. The molecule has 3 aromatic carbocycles. The molecule has 0 saturated carbocycles. The minimum absolute atomic E-state index is 0.115. The van der Waals surface area contributed by atoms with Crippen molar-refractivity contribution in [2.45, 2.75) is 11.8 Å². The van der Waals surface area contributed by atoms with Crippen molar-refractivity contribution in [3.05, 3.63) is 77.3 Å². The summed E-state index contributed by atoms with van der Waals surface area (Å²) in [5.74, 6) is 0.282. The molecule has 1 aromatic heterocycles. The lowest BCUT2D eigenvalue weighted by molar-refractivity contribution is 0.102. The quantitative estimate of drug-likeness (QED) is 0.442. The second-order valence-electron chi connectivity index (χ2n) is 6.73. The van der Waals surface area contributed by atoms with Gasteiger partial charge in [-0.15, -0.1) is 11.3 Å². The molecular formula is C22H19N3O4S2. The van der Waals surface area contributed by atoms with Crippen molar-refractivity contribution in [2.75, 3.05) is 17.1 Å². The summed E-state index contributed by atoms with van der Waals surface area (Å²) in [5.41, 5.74) is 2.33. The Bertz CT molecular complexity index is 1350. The van der Waals surface area contributed by atoms with E-state index in [0.717, 1.165) is 15.2 Å². The predicted octanol–water partition coefficient (Wildman–Crippen LogP) is 4.67. The molecule has 0 saturated heterocycles. The van der Waals surface area contributed by atoms with Gasteiger partial charge in [0.2, 0.25) is 0 Å². The van der Waals surface area contributed by atoms with Crippen LogP contribution in [0.25, 0.3) is 10.2 Å². The van der Waals surface area contributed by atoms with Gasteiger partial charge in [-0.05, 0) is 73.7 Å². The molecule has 1 amide bonds. The highest BCUT2D eigenvalue weighted by molar-refractivity contribution is 7.92. The maximum Gasteiger partial charge on any atom is 0.261 e. The van der Waals surface area contributed by atoms with Crippen molar-refractivity contribution in [2.24, 2.45) is 0 Å². The molecule has 0 aliphatic carbocycles. The van der Waals surface area contributed by atoms with Gasteiger partial charge in [0.15, 0.2) is 0 Å². The smallest absolute Gasteiger partial charge is 0.261 e. The van der Waals surface area contributed by atoms with Crippen LogP contribution in [0, 0.1) is 6.92 Å². The molecule has 0 atom stereocenters. The van der Waals surface area contributed by atoms with Crippen LogP contribution in [0.4, 0.5) is 11.4 Å². The molecule has 31 heavy (non-hydrogen) atoms. The van der Waals surface area contributed by atoms with E-state index in [1.165, 1.54) is 19.2 Å². The molecule has 0 spiro atoms. The molecule has 7 nitrogen and oxygen atoms in total. The lowest BCUT2D eigenvalue weighted by Crippen LogP contribution is -2.14. The highest BCUT2D eigenvalue weighted by Gasteiger charge is 2.15. The zero-order valence-electron chi connectivity index (χ0n) is 16.7. The van der Waals surface area contributed by atoms with Gasteiger partial charge >= 0.3 is 0 Å². The van der Waals surface area contributed by atoms with Crippen LogP contribution in [0.2, 0.25) is 0 Å². The van der Waals surface area contributed by atoms with Crippen LogP contribution >= 0.6 is 11.3 Å². The average Bonchev–Trinajstić information content (AvgIpc) is 3.13. The van der Waals surface area contributed by atoms with E-state index in [-0.39, 0.29) is 10.8 Å². The van der Waals surface area contributed by atoms with Gasteiger partial charge in [-0.3, -0.25) is 9.52 Å². The van der Waals surface area contributed by atoms with E-state index in [1.54, 1.807) is 53.8 Å². The summed E-state index contributed by atoms with van der Waals surface area (Å²) in [6, 6.07) is 17.9. The standard InChI is InChI=1S/C22H19N3O4S2/c1-14-23-20-12-7-17(13-21(20)30-14)24-22(26)15-3-5-16(6-4-15)25-31(27,28)19-10-8-18(29-2)9-11-19/h3-13,25H,1-2H3,(H,24,26). The number of fused-ring (bicyclic) bond motifs is 1. The molecule has 4 aromatic rings. The Balaban J connectivity index is 1.45. The molecular weight excluding hydrogens is 434 g/mol. The van der Waals surface area contributed by atoms with E-state index >= 15 is 0 Å². The van der Waals surface area contributed by atoms with Gasteiger partial charge in [0.1, 0.15) is 5.75 Å². The van der Waals surface area contributed by atoms with E-state index in [9.17, 15) is 13.2 Å². The van der Waals surface area contributed by atoms with E-state index in [0.29, 0.717) is 22.7 Å². The van der Waals surface area contributed by atoms with Crippen molar-refractivity contribution in [3.8, 4) is 5.75 Å². The van der Waals surface area contributed by atoms with E-state index < -0.39 is 10.0 Å². The predicted molar refractivity (Wildman–Crippen MR) is 123 cm³/mol. The fourth-order valence-corrected chi connectivity index (χ4v) is 4.90. The Kier molecular flexibility index (Phi) is 5.62. The molecule has 0 unspecified atom stereocenters. The number of thiazole rings is 1. The number of aromatic nitrogens is 1. The summed E-state index contributed by atoms with van der Waals surface area (Å²) in [6.07, 6.45) is 0. The van der Waals surface area contributed by atoms with Crippen molar-refractivity contribution < 1.29 is 17.9 Å². The highest BCUT2D eigenvalue weighted by atomic mass is 32.2. The number of aryl methyl sites for hydroxylation is 1. The van der Waals surface area contributed by atoms with Crippen LogP contribution < -0.4 is 14.8 Å². The maximum atomic E-state index is 12.6. The first-order chi connectivity index (χ1) is 14.8. The van der Waals surface area contributed by atoms with Crippen molar-refractivity contribution in [1.82, 2.24) is 4.98 Å². The van der Waals surface area contributed by atoms with Gasteiger partial charge in [-0.1, -0.05) is 0 Å². The van der Waals surface area contributed by atoms with Crippen LogP contribution in [-0.4, -0.2) is 26.4 Å². The number of carbonyl (C=O) groups excluding carboxylic acids is 1. The van der Waals surface area contributed by atoms with E-state index in [2.05, 4.69) is 15.0 Å². The van der Waals surface area contributed by atoms with Gasteiger partial charge in [0.25, 0.3) is 15.9 Å². The number of methoxy groups -OCH3 is 1. The maximum absolute atomic E-state index is 12.6. The highest BCUT2D eigenvalue weighted by Crippen LogP contribution is 2.25. The lowest BCUT2D eigenvalue weighted by atomic mass is 10.2. The number of nitrogens with one attached hydrogen (secondary N) is 2. The van der Waals surface area contributed by atoms with Crippen LogP contribution in [0.1, 0.15) is 15.4 Å². The molecule has 4 rings (SSSR count). The fourth-order valence-electron chi connectivity index (χ4n) is 2.98. The summed E-state index contributed by atoms with van der Waals surface area (Å²) in [5, 5.41) is 3.82. The molecule has 2 N–H and O–H groups in total. The molecule has 0 bridgehead atoms. The first-order valence-corrected chi connectivity index (χ1v) is 11.6. The fraction of sp³-hybridized carbons (Fsp3) is 0.0909. The van der Waals surface area contributed by atoms with Gasteiger partial charge in [0.05, 0.1) is 27.2 Å². The van der Waals surface area contributed by atoms with Crippen LogP contribution in [0.5, 0.6) is 5.75 Å². The van der Waals surface area contributed by atoms with Crippen molar-refractivity contribution in [1.29, 1.82) is 0 Å².